The number of aliphatic imine (C=N–C) groups is 1. The number of thiophene rings is 1. The molecular formula is C21H33IN4O2S. The maximum Gasteiger partial charge on any atom is 0.191 e. The highest BCUT2D eigenvalue weighted by atomic mass is 127. The van der Waals surface area contributed by atoms with Crippen LogP contribution in [0, 0.1) is 5.92 Å². The van der Waals surface area contributed by atoms with E-state index in [4.69, 9.17) is 4.74 Å². The zero-order valence-corrected chi connectivity index (χ0v) is 20.6. The van der Waals surface area contributed by atoms with Crippen molar-refractivity contribution in [1.29, 1.82) is 0 Å². The summed E-state index contributed by atoms with van der Waals surface area (Å²) in [6, 6.07) is 10.7. The monoisotopic (exact) mass is 532 g/mol. The molecule has 8 heteroatoms. The lowest BCUT2D eigenvalue weighted by molar-refractivity contribution is 0.00751. The summed E-state index contributed by atoms with van der Waals surface area (Å²) in [5, 5.41) is 18.4. The Labute approximate surface area is 194 Å². The fraction of sp³-hybridized carbons (Fsp3) is 0.571. The van der Waals surface area contributed by atoms with Crippen LogP contribution in [-0.4, -0.2) is 68.4 Å². The Kier molecular flexibility index (Phi) is 10.1. The van der Waals surface area contributed by atoms with Gasteiger partial charge in [0.05, 0.1) is 13.2 Å². The van der Waals surface area contributed by atoms with Crippen LogP contribution in [0.25, 0.3) is 10.1 Å². The van der Waals surface area contributed by atoms with E-state index in [9.17, 15) is 5.11 Å². The number of guanidine groups is 1. The van der Waals surface area contributed by atoms with Gasteiger partial charge in [0.15, 0.2) is 5.96 Å². The molecule has 6 nitrogen and oxygen atoms in total. The third kappa shape index (κ3) is 6.78. The molecule has 162 valence electrons. The van der Waals surface area contributed by atoms with E-state index in [-0.39, 0.29) is 24.0 Å². The SMILES string of the molecule is CN=C(NCC(O)c1cc2ccccc2s1)NCC(C(C)C)N1CCOCC1.I. The van der Waals surface area contributed by atoms with Crippen LogP contribution in [0.1, 0.15) is 24.8 Å². The summed E-state index contributed by atoms with van der Waals surface area (Å²) in [6.45, 7) is 9.30. The van der Waals surface area contributed by atoms with E-state index in [1.807, 2.05) is 12.1 Å². The van der Waals surface area contributed by atoms with Crippen LogP contribution in [0.4, 0.5) is 0 Å². The maximum absolute atomic E-state index is 10.6. The lowest BCUT2D eigenvalue weighted by Crippen LogP contribution is -2.52. The summed E-state index contributed by atoms with van der Waals surface area (Å²) >= 11 is 1.64. The second kappa shape index (κ2) is 12.0. The van der Waals surface area contributed by atoms with Crippen molar-refractivity contribution < 1.29 is 9.84 Å². The minimum Gasteiger partial charge on any atom is -0.386 e. The van der Waals surface area contributed by atoms with Gasteiger partial charge in [0.2, 0.25) is 0 Å². The van der Waals surface area contributed by atoms with E-state index in [1.54, 1.807) is 18.4 Å². The molecule has 1 aliphatic rings. The number of ether oxygens (including phenoxy) is 1. The van der Waals surface area contributed by atoms with Gasteiger partial charge in [-0.1, -0.05) is 32.0 Å². The Hall–Kier alpha value is -0.940. The zero-order valence-electron chi connectivity index (χ0n) is 17.4. The Morgan fingerprint density at radius 3 is 2.55 bits per heavy atom. The van der Waals surface area contributed by atoms with Gasteiger partial charge in [-0.15, -0.1) is 35.3 Å². The lowest BCUT2D eigenvalue weighted by Gasteiger charge is -2.37. The number of rotatable bonds is 7. The molecule has 2 unspecified atom stereocenters. The number of nitrogens with one attached hydrogen (secondary N) is 2. The van der Waals surface area contributed by atoms with Crippen molar-refractivity contribution in [3.05, 3.63) is 35.2 Å². The number of hydrogen-bond donors (Lipinski definition) is 3. The van der Waals surface area contributed by atoms with Crippen LogP contribution in [0.15, 0.2) is 35.3 Å². The number of fused-ring (bicyclic) bond motifs is 1. The molecule has 1 aliphatic heterocycles. The first-order chi connectivity index (χ1) is 13.6. The summed E-state index contributed by atoms with van der Waals surface area (Å²) in [4.78, 5) is 7.77. The van der Waals surface area contributed by atoms with Crippen LogP contribution in [0.5, 0.6) is 0 Å². The highest BCUT2D eigenvalue weighted by molar-refractivity contribution is 14.0. The third-order valence-electron chi connectivity index (χ3n) is 5.22. The number of hydrogen-bond acceptors (Lipinski definition) is 5. The molecule has 0 saturated carbocycles. The molecule has 3 N–H and O–H groups in total. The molecule has 0 bridgehead atoms. The second-order valence-corrected chi connectivity index (χ2v) is 8.61. The standard InChI is InChI=1S/C21H32N4O2S.HI/c1-15(2)17(25-8-10-27-11-9-25)13-23-21(22-3)24-14-18(26)20-12-16-6-4-5-7-19(16)28-20;/h4-7,12,15,17-18,26H,8-11,13-14H2,1-3H3,(H2,22,23,24);1H. The van der Waals surface area contributed by atoms with E-state index in [0.717, 1.165) is 43.7 Å². The normalized spacial score (nSPS) is 17.8. The van der Waals surface area contributed by atoms with Gasteiger partial charge >= 0.3 is 0 Å². The summed E-state index contributed by atoms with van der Waals surface area (Å²) in [7, 11) is 1.76. The molecule has 1 saturated heterocycles. The van der Waals surface area contributed by atoms with Gasteiger partial charge < -0.3 is 20.5 Å². The molecule has 2 aromatic rings. The number of aliphatic hydroxyl groups excluding tert-OH is 1. The van der Waals surface area contributed by atoms with Crippen LogP contribution in [0.3, 0.4) is 0 Å². The molecule has 0 amide bonds. The smallest absolute Gasteiger partial charge is 0.191 e. The Morgan fingerprint density at radius 1 is 1.21 bits per heavy atom. The van der Waals surface area contributed by atoms with Gasteiger partial charge in [-0.2, -0.15) is 0 Å². The molecule has 0 aliphatic carbocycles. The van der Waals surface area contributed by atoms with Crippen molar-refractivity contribution in [3.63, 3.8) is 0 Å². The van der Waals surface area contributed by atoms with E-state index < -0.39 is 6.10 Å². The van der Waals surface area contributed by atoms with E-state index >= 15 is 0 Å². The Bertz CT molecular complexity index is 744. The van der Waals surface area contributed by atoms with Crippen molar-refractivity contribution in [1.82, 2.24) is 15.5 Å². The van der Waals surface area contributed by atoms with Crippen LogP contribution < -0.4 is 10.6 Å². The van der Waals surface area contributed by atoms with Gasteiger partial charge in [0.1, 0.15) is 6.10 Å². The molecule has 0 spiro atoms. The first-order valence-corrected chi connectivity index (χ1v) is 10.8. The minimum atomic E-state index is -0.559. The molecule has 0 radical (unpaired) electrons. The number of morpholine rings is 1. The molecule has 1 aromatic heterocycles. The van der Waals surface area contributed by atoms with Crippen LogP contribution in [-0.2, 0) is 4.74 Å². The average Bonchev–Trinajstić information content (AvgIpc) is 3.15. The van der Waals surface area contributed by atoms with E-state index in [1.165, 1.54) is 10.1 Å². The van der Waals surface area contributed by atoms with Crippen LogP contribution >= 0.6 is 35.3 Å². The van der Waals surface area contributed by atoms with Crippen LogP contribution in [0.2, 0.25) is 0 Å². The fourth-order valence-corrected chi connectivity index (χ4v) is 4.63. The predicted molar refractivity (Wildman–Crippen MR) is 133 cm³/mol. The maximum atomic E-state index is 10.6. The van der Waals surface area contributed by atoms with Gasteiger partial charge in [-0.3, -0.25) is 9.89 Å². The summed E-state index contributed by atoms with van der Waals surface area (Å²) in [6.07, 6.45) is -0.559. The van der Waals surface area contributed by atoms with Crippen molar-refractivity contribution in [2.24, 2.45) is 10.9 Å². The fourth-order valence-electron chi connectivity index (χ4n) is 3.58. The molecule has 29 heavy (non-hydrogen) atoms. The van der Waals surface area contributed by atoms with E-state index in [0.29, 0.717) is 18.5 Å². The number of aliphatic hydroxyl groups is 1. The Morgan fingerprint density at radius 2 is 1.90 bits per heavy atom. The molecule has 1 aromatic carbocycles. The van der Waals surface area contributed by atoms with Crippen molar-refractivity contribution >= 4 is 51.4 Å². The Balaban J connectivity index is 0.00000300. The number of benzene rings is 1. The highest BCUT2D eigenvalue weighted by Gasteiger charge is 2.24. The summed E-state index contributed by atoms with van der Waals surface area (Å²) in [5.74, 6) is 1.26. The predicted octanol–water partition coefficient (Wildman–Crippen LogP) is 3.07. The first kappa shape index (κ1) is 24.3. The third-order valence-corrected chi connectivity index (χ3v) is 6.44. The zero-order chi connectivity index (χ0) is 19.9. The minimum absolute atomic E-state index is 0. The number of nitrogens with zero attached hydrogens (tertiary/aromatic N) is 2. The molecule has 2 atom stereocenters. The molecule has 1 fully saturated rings. The summed E-state index contributed by atoms with van der Waals surface area (Å²) in [5.41, 5.74) is 0. The summed E-state index contributed by atoms with van der Waals surface area (Å²) < 4.78 is 6.68. The lowest BCUT2D eigenvalue weighted by atomic mass is 10.0. The molecule has 3 rings (SSSR count). The van der Waals surface area contributed by atoms with Gasteiger partial charge in [-0.25, -0.2) is 0 Å². The van der Waals surface area contributed by atoms with Gasteiger partial charge in [-0.05, 0) is 23.4 Å². The van der Waals surface area contributed by atoms with Crippen molar-refractivity contribution in [3.8, 4) is 0 Å². The van der Waals surface area contributed by atoms with Gasteiger partial charge in [0.25, 0.3) is 0 Å². The highest BCUT2D eigenvalue weighted by Crippen LogP contribution is 2.29. The second-order valence-electron chi connectivity index (χ2n) is 7.50. The van der Waals surface area contributed by atoms with E-state index in [2.05, 4.69) is 52.6 Å². The first-order valence-electron chi connectivity index (χ1n) is 10.0. The van der Waals surface area contributed by atoms with Crippen molar-refractivity contribution in [2.45, 2.75) is 26.0 Å². The van der Waals surface area contributed by atoms with Crippen molar-refractivity contribution in [2.75, 3.05) is 46.4 Å². The quantitative estimate of drug-likeness (QED) is 0.291. The largest absolute Gasteiger partial charge is 0.386 e. The average molecular weight is 532 g/mol. The molecule has 2 heterocycles. The molecular weight excluding hydrogens is 499 g/mol. The van der Waals surface area contributed by atoms with Gasteiger partial charge in [0, 0.05) is 48.8 Å². The topological polar surface area (TPSA) is 69.1 Å². The number of halogens is 1.